The van der Waals surface area contributed by atoms with Crippen LogP contribution in [0, 0.1) is 9.39 Å². The number of aromatic nitrogens is 2. The van der Waals surface area contributed by atoms with Gasteiger partial charge in [0.15, 0.2) is 19.2 Å². The van der Waals surface area contributed by atoms with E-state index in [1.807, 2.05) is 46.9 Å². The number of piperazine rings is 1. The van der Waals surface area contributed by atoms with Gasteiger partial charge in [0.25, 0.3) is 0 Å². The van der Waals surface area contributed by atoms with Gasteiger partial charge in [-0.15, -0.1) is 0 Å². The fraction of sp³-hybridized carbons (Fsp3) is 0.345. The van der Waals surface area contributed by atoms with E-state index in [0.717, 1.165) is 10.8 Å². The second kappa shape index (κ2) is 11.4. The van der Waals surface area contributed by atoms with Crippen LogP contribution in [0.1, 0.15) is 12.8 Å². The Morgan fingerprint density at radius 3 is 2.47 bits per heavy atom. The van der Waals surface area contributed by atoms with Gasteiger partial charge in [0, 0.05) is 34.7 Å². The molecule has 0 aliphatic carbocycles. The van der Waals surface area contributed by atoms with Crippen molar-refractivity contribution in [2.75, 3.05) is 38.5 Å². The van der Waals surface area contributed by atoms with Gasteiger partial charge in [0.05, 0.1) is 12.1 Å². The maximum atomic E-state index is 16.7. The van der Waals surface area contributed by atoms with Crippen molar-refractivity contribution in [2.45, 2.75) is 31.1 Å². The van der Waals surface area contributed by atoms with E-state index in [1.165, 1.54) is 12.0 Å². The van der Waals surface area contributed by atoms with Crippen molar-refractivity contribution in [3.05, 3.63) is 51.9 Å². The van der Waals surface area contributed by atoms with Crippen LogP contribution >= 0.6 is 22.6 Å². The van der Waals surface area contributed by atoms with E-state index >= 15 is 4.39 Å². The topological polar surface area (TPSA) is 97.3 Å². The molecule has 226 valence electrons. The Morgan fingerprint density at radius 2 is 1.79 bits per heavy atom. The fourth-order valence-corrected chi connectivity index (χ4v) is 6.79. The van der Waals surface area contributed by atoms with Crippen LogP contribution in [-0.2, 0) is 4.74 Å². The number of rotatable bonds is 7. The highest BCUT2D eigenvalue weighted by Crippen LogP contribution is 2.42. The van der Waals surface area contributed by atoms with Gasteiger partial charge in [-0.2, -0.15) is 23.1 Å². The van der Waals surface area contributed by atoms with Gasteiger partial charge in [-0.1, -0.05) is 24.3 Å². The number of halogens is 5. The zero-order chi connectivity index (χ0) is 30.5. The van der Waals surface area contributed by atoms with Gasteiger partial charge < -0.3 is 24.2 Å². The molecule has 3 aromatic carbocycles. The van der Waals surface area contributed by atoms with Crippen LogP contribution in [0.3, 0.4) is 0 Å². The van der Waals surface area contributed by atoms with E-state index in [9.17, 15) is 23.1 Å². The maximum Gasteiger partial charge on any atom is 0.422 e. The number of hydrogen-bond acceptors (Lipinski definition) is 7. The van der Waals surface area contributed by atoms with Crippen LogP contribution in [0.25, 0.3) is 32.8 Å². The first-order valence-corrected chi connectivity index (χ1v) is 14.4. The molecule has 3 heterocycles. The quantitative estimate of drug-likeness (QED) is 0.133. The van der Waals surface area contributed by atoms with Crippen molar-refractivity contribution < 1.29 is 41.7 Å². The van der Waals surface area contributed by atoms with Crippen molar-refractivity contribution in [3.63, 3.8) is 0 Å². The van der Waals surface area contributed by atoms with E-state index in [0.29, 0.717) is 27.7 Å². The highest BCUT2D eigenvalue weighted by molar-refractivity contribution is 14.1. The smallest absolute Gasteiger partial charge is 0.422 e. The minimum Gasteiger partial charge on any atom is -0.468 e. The number of benzene rings is 3. The lowest BCUT2D eigenvalue weighted by molar-refractivity contribution is -0.154. The first-order valence-electron chi connectivity index (χ1n) is 13.3. The van der Waals surface area contributed by atoms with Gasteiger partial charge in [0.2, 0.25) is 0 Å². The molecular weight excluding hydrogens is 687 g/mol. The van der Waals surface area contributed by atoms with Crippen LogP contribution < -0.4 is 14.4 Å². The summed E-state index contributed by atoms with van der Waals surface area (Å²) in [5.41, 5.74) is 0.478. The number of carboxylic acid groups (broad SMARTS) is 1. The van der Waals surface area contributed by atoms with Gasteiger partial charge >= 0.3 is 18.3 Å². The number of ether oxygens (including phenoxy) is 3. The SMILES string of the molecule is COCOc1cc(-c2c(I)cc3c(N4C[C@H]5CC[C@@H](C4)N5C(=O)O)nc(OCC(F)(F)F)nc3c2F)c2ccccc2c1. The Balaban J connectivity index is 1.53. The maximum absolute atomic E-state index is 16.7. The molecular formula is C29H25F4IN4O5. The fourth-order valence-electron chi connectivity index (χ4n) is 5.95. The van der Waals surface area contributed by atoms with Crippen LogP contribution in [0.5, 0.6) is 11.8 Å². The zero-order valence-corrected chi connectivity index (χ0v) is 24.9. The van der Waals surface area contributed by atoms with Crippen molar-refractivity contribution in [1.29, 1.82) is 0 Å². The molecule has 14 heteroatoms. The normalized spacial score (nSPS) is 18.5. The second-order valence-electron chi connectivity index (χ2n) is 10.4. The van der Waals surface area contributed by atoms with Crippen molar-refractivity contribution in [2.24, 2.45) is 0 Å². The molecule has 0 spiro atoms. The average molecular weight is 712 g/mol. The number of amides is 1. The molecule has 1 aromatic heterocycles. The number of anilines is 1. The van der Waals surface area contributed by atoms with E-state index in [2.05, 4.69) is 9.97 Å². The number of alkyl halides is 3. The zero-order valence-electron chi connectivity index (χ0n) is 22.7. The summed E-state index contributed by atoms with van der Waals surface area (Å²) in [6, 6.07) is 11.3. The molecule has 2 bridgehead atoms. The van der Waals surface area contributed by atoms with Crippen molar-refractivity contribution >= 4 is 56.2 Å². The summed E-state index contributed by atoms with van der Waals surface area (Å²) in [6.07, 6.45) is -4.41. The van der Waals surface area contributed by atoms with E-state index in [-0.39, 0.29) is 54.3 Å². The van der Waals surface area contributed by atoms with Crippen LogP contribution in [0.2, 0.25) is 0 Å². The number of nitrogens with zero attached hydrogens (tertiary/aromatic N) is 4. The molecule has 2 atom stereocenters. The lowest BCUT2D eigenvalue weighted by Gasteiger charge is -2.40. The summed E-state index contributed by atoms with van der Waals surface area (Å²) in [5, 5.41) is 11.5. The average Bonchev–Trinajstić information content (AvgIpc) is 3.24. The molecule has 6 rings (SSSR count). The Bertz CT molecular complexity index is 1710. The number of carbonyl (C=O) groups is 1. The van der Waals surface area contributed by atoms with E-state index in [4.69, 9.17) is 14.2 Å². The highest BCUT2D eigenvalue weighted by atomic mass is 127. The number of hydrogen-bond donors (Lipinski definition) is 1. The number of methoxy groups -OCH3 is 1. The summed E-state index contributed by atoms with van der Waals surface area (Å²) in [7, 11) is 1.48. The second-order valence-corrected chi connectivity index (χ2v) is 11.6. The van der Waals surface area contributed by atoms with Crippen LogP contribution in [0.4, 0.5) is 28.2 Å². The molecule has 2 aliphatic heterocycles. The Morgan fingerprint density at radius 1 is 1.07 bits per heavy atom. The molecule has 2 aliphatic rings. The monoisotopic (exact) mass is 712 g/mol. The molecule has 1 amide bonds. The van der Waals surface area contributed by atoms with Crippen molar-refractivity contribution in [3.8, 4) is 22.9 Å². The van der Waals surface area contributed by atoms with Crippen molar-refractivity contribution in [1.82, 2.24) is 14.9 Å². The first-order chi connectivity index (χ1) is 20.5. The molecule has 2 saturated heterocycles. The van der Waals surface area contributed by atoms with Gasteiger partial charge in [-0.05, 0) is 70.0 Å². The standard InChI is InChI=1S/C29H25F4IN4O5/c1-41-14-43-18-8-15-4-2-3-5-19(15)20(9-18)23-22(34)10-21-25(24(23)30)35-27(42-13-29(31,32)33)36-26(21)37-11-16-6-7-17(12-37)38(16)28(39)40/h2-5,8-10,16-17H,6-7,11-14H2,1H3,(H,39,40)/t16-,17+. The highest BCUT2D eigenvalue weighted by Gasteiger charge is 2.43. The Kier molecular flexibility index (Phi) is 7.83. The Labute approximate surface area is 256 Å². The third kappa shape index (κ3) is 5.69. The summed E-state index contributed by atoms with van der Waals surface area (Å²) in [6.45, 7) is -1.19. The minimum absolute atomic E-state index is 0.0251. The molecule has 1 N–H and O–H groups in total. The molecule has 0 saturated carbocycles. The third-order valence-electron chi connectivity index (χ3n) is 7.66. The van der Waals surface area contributed by atoms with Gasteiger partial charge in [-0.25, -0.2) is 9.18 Å². The predicted octanol–water partition coefficient (Wildman–Crippen LogP) is 6.45. The minimum atomic E-state index is -4.66. The molecule has 43 heavy (non-hydrogen) atoms. The molecule has 0 unspecified atom stereocenters. The van der Waals surface area contributed by atoms with Gasteiger partial charge in [-0.3, -0.25) is 4.90 Å². The lowest BCUT2D eigenvalue weighted by atomic mass is 9.96. The molecule has 9 nitrogen and oxygen atoms in total. The van der Waals surface area contributed by atoms with Crippen LogP contribution in [0.15, 0.2) is 42.5 Å². The lowest BCUT2D eigenvalue weighted by Crippen LogP contribution is -2.55. The summed E-state index contributed by atoms with van der Waals surface area (Å²) in [4.78, 5) is 23.4. The third-order valence-corrected chi connectivity index (χ3v) is 8.51. The summed E-state index contributed by atoms with van der Waals surface area (Å²) in [5.74, 6) is -0.131. The molecule has 2 fully saturated rings. The molecule has 0 radical (unpaired) electrons. The summed E-state index contributed by atoms with van der Waals surface area (Å²) >= 11 is 2.02. The summed E-state index contributed by atoms with van der Waals surface area (Å²) < 4.78 is 72.1. The Hall–Kier alpha value is -3.66. The molecule has 4 aromatic rings. The van der Waals surface area contributed by atoms with E-state index < -0.39 is 30.7 Å². The van der Waals surface area contributed by atoms with Gasteiger partial charge in [0.1, 0.15) is 17.1 Å². The van der Waals surface area contributed by atoms with E-state index in [1.54, 1.807) is 23.1 Å². The largest absolute Gasteiger partial charge is 0.468 e. The van der Waals surface area contributed by atoms with Crippen LogP contribution in [-0.4, -0.2) is 77.9 Å². The number of fused-ring (bicyclic) bond motifs is 4. The first kappa shape index (κ1) is 29.4. The predicted molar refractivity (Wildman–Crippen MR) is 158 cm³/mol.